The molecule has 65 heavy (non-hydrogen) atoms. The van der Waals surface area contributed by atoms with E-state index in [-0.39, 0.29) is 53.8 Å². The van der Waals surface area contributed by atoms with Crippen molar-refractivity contribution in [2.75, 3.05) is 67.5 Å². The van der Waals surface area contributed by atoms with Crippen LogP contribution >= 0.6 is 0 Å². The van der Waals surface area contributed by atoms with E-state index in [9.17, 15) is 28.8 Å². The Morgan fingerprint density at radius 2 is 1.48 bits per heavy atom. The molecule has 332 valence electrons. The van der Waals surface area contributed by atoms with Gasteiger partial charge in [-0.15, -0.1) is 0 Å². The fraction of sp³-hybridized carbons (Fsp3) is 0.383. The van der Waals surface area contributed by atoms with E-state index in [1.807, 2.05) is 46.5 Å². The first kappa shape index (κ1) is 40.6. The van der Waals surface area contributed by atoms with Crippen LogP contribution in [0.3, 0.4) is 0 Å². The molecule has 1 atom stereocenters. The number of carbonyl (C=O) groups is 6. The van der Waals surface area contributed by atoms with Crippen LogP contribution in [0.2, 0.25) is 0 Å². The molecule has 5 aliphatic heterocycles. The van der Waals surface area contributed by atoms with Crippen LogP contribution in [-0.2, 0) is 25.6 Å². The molecule has 11 rings (SSSR count). The highest BCUT2D eigenvalue weighted by Crippen LogP contribution is 2.37. The standard InChI is InChI=1S/C47H48N12O6/c60-39-13-12-38(44(62)53-39)59-46(64)36-11-10-33(21-37(36)47(59)65)56-22-29(23-56)45(63)55-16-14-54(15-17-55)35-24-57(25-35)32-8-6-30(7-9-32)52-42-41-43(49-26-48-42)58(27-50-41)34-19-31(20-34)51-40(61)18-28-4-2-1-3-5-28/h1-11,21,26-27,29,31,34-35,38H,12-20,22-25H2,(H,51,61)(H,48,49,52)(H,53,60,62)/t31?,34?,38-/m0/s1. The molecule has 6 amide bonds. The first-order chi connectivity index (χ1) is 31.6. The summed E-state index contributed by atoms with van der Waals surface area (Å²) in [5.74, 6) is -1.44. The number of imide groups is 2. The number of carbonyl (C=O) groups excluding carboxylic acids is 6. The Kier molecular flexibility index (Phi) is 10.2. The zero-order valence-corrected chi connectivity index (χ0v) is 35.6. The summed E-state index contributed by atoms with van der Waals surface area (Å²) in [6.45, 7) is 5.89. The predicted molar refractivity (Wildman–Crippen MR) is 238 cm³/mol. The number of imidazole rings is 1. The maximum atomic E-state index is 13.5. The van der Waals surface area contributed by atoms with Crippen LogP contribution in [0.5, 0.6) is 0 Å². The Morgan fingerprint density at radius 1 is 0.754 bits per heavy atom. The number of piperazine rings is 1. The van der Waals surface area contributed by atoms with Crippen molar-refractivity contribution in [1.29, 1.82) is 0 Å². The lowest BCUT2D eigenvalue weighted by Gasteiger charge is -2.50. The van der Waals surface area contributed by atoms with Gasteiger partial charge in [-0.2, -0.15) is 0 Å². The second kappa shape index (κ2) is 16.4. The molecule has 6 aliphatic rings. The number of nitrogens with one attached hydrogen (secondary N) is 3. The number of amides is 6. The molecule has 1 saturated carbocycles. The fourth-order valence-corrected chi connectivity index (χ4v) is 10.1. The summed E-state index contributed by atoms with van der Waals surface area (Å²) < 4.78 is 2.09. The summed E-state index contributed by atoms with van der Waals surface area (Å²) in [7, 11) is 0. The summed E-state index contributed by atoms with van der Waals surface area (Å²) >= 11 is 0. The van der Waals surface area contributed by atoms with E-state index in [1.165, 1.54) is 0 Å². The van der Waals surface area contributed by atoms with Crippen molar-refractivity contribution in [2.24, 2.45) is 5.92 Å². The minimum absolute atomic E-state index is 0.0372. The first-order valence-electron chi connectivity index (χ1n) is 22.4. The molecule has 5 aromatic rings. The summed E-state index contributed by atoms with van der Waals surface area (Å²) in [6.07, 6.45) is 5.57. The third kappa shape index (κ3) is 7.60. The van der Waals surface area contributed by atoms with Crippen LogP contribution in [-0.4, -0.2) is 140 Å². The van der Waals surface area contributed by atoms with E-state index in [4.69, 9.17) is 0 Å². The number of aromatic nitrogens is 4. The minimum atomic E-state index is -1.01. The molecular formula is C47H48N12O6. The maximum Gasteiger partial charge on any atom is 0.262 e. The quantitative estimate of drug-likeness (QED) is 0.164. The molecule has 4 saturated heterocycles. The van der Waals surface area contributed by atoms with Gasteiger partial charge in [-0.05, 0) is 67.3 Å². The Labute approximate surface area is 374 Å². The third-order valence-electron chi connectivity index (χ3n) is 14.0. The Bertz CT molecular complexity index is 2720. The average molecular weight is 877 g/mol. The minimum Gasteiger partial charge on any atom is -0.370 e. The summed E-state index contributed by atoms with van der Waals surface area (Å²) in [6, 6.07) is 22.9. The number of nitrogens with zero attached hydrogens (tertiary/aromatic N) is 9. The smallest absolute Gasteiger partial charge is 0.262 e. The zero-order valence-electron chi connectivity index (χ0n) is 35.6. The van der Waals surface area contributed by atoms with Gasteiger partial charge in [0.2, 0.25) is 23.6 Å². The van der Waals surface area contributed by atoms with Gasteiger partial charge in [-0.1, -0.05) is 30.3 Å². The largest absolute Gasteiger partial charge is 0.370 e. The van der Waals surface area contributed by atoms with Gasteiger partial charge in [-0.25, -0.2) is 15.0 Å². The Hall–Kier alpha value is -7.21. The van der Waals surface area contributed by atoms with Crippen LogP contribution in [0.4, 0.5) is 22.9 Å². The lowest BCUT2D eigenvalue weighted by Crippen LogP contribution is -2.64. The molecule has 7 heterocycles. The van der Waals surface area contributed by atoms with E-state index >= 15 is 0 Å². The van der Waals surface area contributed by atoms with Crippen molar-refractivity contribution in [3.8, 4) is 0 Å². The topological polar surface area (TPSA) is 198 Å². The number of hydrogen-bond acceptors (Lipinski definition) is 13. The molecule has 1 aliphatic carbocycles. The van der Waals surface area contributed by atoms with Crippen LogP contribution in [0.25, 0.3) is 11.2 Å². The van der Waals surface area contributed by atoms with Gasteiger partial charge >= 0.3 is 0 Å². The van der Waals surface area contributed by atoms with Gasteiger partial charge in [0.25, 0.3) is 11.8 Å². The van der Waals surface area contributed by atoms with Crippen molar-refractivity contribution < 1.29 is 28.8 Å². The molecule has 18 heteroatoms. The lowest BCUT2D eigenvalue weighted by atomic mass is 9.86. The van der Waals surface area contributed by atoms with E-state index in [1.54, 1.807) is 24.5 Å². The summed E-state index contributed by atoms with van der Waals surface area (Å²) in [4.78, 5) is 100. The number of anilines is 4. The van der Waals surface area contributed by atoms with E-state index in [0.29, 0.717) is 50.0 Å². The predicted octanol–water partition coefficient (Wildman–Crippen LogP) is 2.50. The molecule has 0 unspecified atom stereocenters. The highest BCUT2D eigenvalue weighted by molar-refractivity contribution is 6.23. The summed E-state index contributed by atoms with van der Waals surface area (Å²) in [5.41, 5.74) is 5.74. The molecule has 5 fully saturated rings. The van der Waals surface area contributed by atoms with Crippen molar-refractivity contribution in [3.05, 3.63) is 102 Å². The first-order valence-corrected chi connectivity index (χ1v) is 22.4. The van der Waals surface area contributed by atoms with Gasteiger partial charge in [0.15, 0.2) is 17.0 Å². The Balaban J connectivity index is 0.619. The number of fused-ring (bicyclic) bond motifs is 2. The SMILES string of the molecule is O=C1CC[C@H](N2C(=O)c3ccc(N4CC(C(=O)N5CCN(C6CN(c7ccc(Nc8ncnc9c8ncn9C8CC(NC(=O)Cc9ccccc9)C8)cc7)C6)CC5)C4)cc3C2=O)C(=O)N1. The van der Waals surface area contributed by atoms with Crippen LogP contribution in [0, 0.1) is 5.92 Å². The Morgan fingerprint density at radius 3 is 2.23 bits per heavy atom. The molecule has 2 aromatic heterocycles. The lowest BCUT2D eigenvalue weighted by molar-refractivity contribution is -0.139. The second-order valence-corrected chi connectivity index (χ2v) is 18.0. The molecule has 0 radical (unpaired) electrons. The van der Waals surface area contributed by atoms with Gasteiger partial charge in [0.05, 0.1) is 29.8 Å². The molecule has 3 N–H and O–H groups in total. The monoisotopic (exact) mass is 876 g/mol. The normalized spacial score (nSPS) is 22.6. The van der Waals surface area contributed by atoms with Crippen LogP contribution < -0.4 is 25.8 Å². The summed E-state index contributed by atoms with van der Waals surface area (Å²) in [5, 5.41) is 8.81. The van der Waals surface area contributed by atoms with Crippen molar-refractivity contribution >= 4 is 69.5 Å². The van der Waals surface area contributed by atoms with Crippen LogP contribution in [0.1, 0.15) is 58.0 Å². The van der Waals surface area contributed by atoms with E-state index in [2.05, 4.69) is 69.5 Å². The third-order valence-corrected chi connectivity index (χ3v) is 14.0. The van der Waals surface area contributed by atoms with Gasteiger partial charge in [0, 0.05) is 94.0 Å². The fourth-order valence-electron chi connectivity index (χ4n) is 10.1. The van der Waals surface area contributed by atoms with Gasteiger partial charge in [0.1, 0.15) is 12.4 Å². The van der Waals surface area contributed by atoms with Gasteiger partial charge in [-0.3, -0.25) is 43.9 Å². The van der Waals surface area contributed by atoms with E-state index in [0.717, 1.165) is 72.2 Å². The molecule has 3 aromatic carbocycles. The maximum absolute atomic E-state index is 13.5. The van der Waals surface area contributed by atoms with Crippen molar-refractivity contribution in [3.63, 3.8) is 0 Å². The molecule has 0 spiro atoms. The van der Waals surface area contributed by atoms with E-state index < -0.39 is 29.7 Å². The van der Waals surface area contributed by atoms with Gasteiger partial charge < -0.3 is 29.9 Å². The molecule has 0 bridgehead atoms. The number of rotatable bonds is 11. The van der Waals surface area contributed by atoms with Crippen molar-refractivity contribution in [2.45, 2.75) is 56.3 Å². The van der Waals surface area contributed by atoms with Crippen molar-refractivity contribution in [1.82, 2.24) is 44.9 Å². The average Bonchev–Trinajstić information content (AvgIpc) is 3.80. The number of benzene rings is 3. The highest BCUT2D eigenvalue weighted by atomic mass is 16.2. The van der Waals surface area contributed by atoms with Crippen LogP contribution in [0.15, 0.2) is 85.5 Å². The number of hydrogen-bond donors (Lipinski definition) is 3. The molecular weight excluding hydrogens is 829 g/mol. The zero-order chi connectivity index (χ0) is 44.3. The number of piperidine rings is 1. The molecule has 18 nitrogen and oxygen atoms in total. The second-order valence-electron chi connectivity index (χ2n) is 18.0. The highest BCUT2D eigenvalue weighted by Gasteiger charge is 2.46.